The van der Waals surface area contributed by atoms with Crippen molar-refractivity contribution < 1.29 is 19.5 Å². The minimum absolute atomic E-state index is 0.0334. The number of thioether (sulfide) groups is 1. The lowest BCUT2D eigenvalue weighted by Crippen LogP contribution is -2.32. The molecule has 0 bridgehead atoms. The van der Waals surface area contributed by atoms with E-state index < -0.39 is 11.2 Å². The molecule has 0 aromatic heterocycles. The highest BCUT2D eigenvalue weighted by atomic mass is 32.2. The summed E-state index contributed by atoms with van der Waals surface area (Å²) in [5.41, 5.74) is 0.518. The van der Waals surface area contributed by atoms with Gasteiger partial charge in [0, 0.05) is 12.2 Å². The number of rotatable bonds is 4. The molecule has 6 heteroatoms. The van der Waals surface area contributed by atoms with E-state index in [0.717, 1.165) is 16.7 Å². The van der Waals surface area contributed by atoms with Crippen molar-refractivity contribution in [2.24, 2.45) is 0 Å². The van der Waals surface area contributed by atoms with Gasteiger partial charge in [0.15, 0.2) is 0 Å². The normalized spacial score (nSPS) is 19.3. The molecule has 0 spiro atoms. The average molecular weight is 264 g/mol. The molecular formula is C12H10NO4S-. The highest BCUT2D eigenvalue weighted by Gasteiger charge is 2.39. The lowest BCUT2D eigenvalue weighted by atomic mass is 10.3. The van der Waals surface area contributed by atoms with E-state index in [2.05, 4.69) is 0 Å². The Morgan fingerprint density at radius 3 is 2.61 bits per heavy atom. The fourth-order valence-corrected chi connectivity index (χ4v) is 2.60. The van der Waals surface area contributed by atoms with Crippen molar-refractivity contribution in [3.63, 3.8) is 0 Å². The minimum Gasteiger partial charge on any atom is -0.549 e. The number of hydrogen-bond donors (Lipinski definition) is 0. The van der Waals surface area contributed by atoms with Gasteiger partial charge in [-0.05, 0) is 12.1 Å². The van der Waals surface area contributed by atoms with Crippen LogP contribution in [0, 0.1) is 0 Å². The van der Waals surface area contributed by atoms with Gasteiger partial charge in [-0.1, -0.05) is 18.2 Å². The summed E-state index contributed by atoms with van der Waals surface area (Å²) < 4.78 is 0. The van der Waals surface area contributed by atoms with Crippen LogP contribution in [0.15, 0.2) is 30.3 Å². The van der Waals surface area contributed by atoms with Gasteiger partial charge in [0.1, 0.15) is 0 Å². The van der Waals surface area contributed by atoms with E-state index in [1.165, 1.54) is 0 Å². The monoisotopic (exact) mass is 264 g/mol. The minimum atomic E-state index is -1.24. The summed E-state index contributed by atoms with van der Waals surface area (Å²) in [5, 5.41) is 9.72. The Balaban J connectivity index is 2.12. The standard InChI is InChI=1S/C12H11NO4S/c14-10-6-9(18-7-11(15)16)12(17)13(10)8-4-2-1-3-5-8/h1-5,9H,6-7H2,(H,15,16)/p-1/t9-/m1/s1. The third-order valence-electron chi connectivity index (χ3n) is 2.52. The SMILES string of the molecule is O=C([O-])CS[C@@H]1CC(=O)N(c2ccccc2)C1=O. The average Bonchev–Trinajstić information content (AvgIpc) is 2.63. The van der Waals surface area contributed by atoms with Crippen molar-refractivity contribution in [3.8, 4) is 0 Å². The number of carbonyl (C=O) groups excluding carboxylic acids is 3. The first-order chi connectivity index (χ1) is 8.59. The van der Waals surface area contributed by atoms with Crippen molar-refractivity contribution in [3.05, 3.63) is 30.3 Å². The third-order valence-corrected chi connectivity index (χ3v) is 3.70. The van der Waals surface area contributed by atoms with Crippen LogP contribution in [0.25, 0.3) is 0 Å². The van der Waals surface area contributed by atoms with Crippen LogP contribution >= 0.6 is 11.8 Å². The fourth-order valence-electron chi connectivity index (χ4n) is 1.75. The highest BCUT2D eigenvalue weighted by Crippen LogP contribution is 2.29. The number of amides is 2. The van der Waals surface area contributed by atoms with Gasteiger partial charge in [-0.15, -0.1) is 11.8 Å². The summed E-state index contributed by atoms with van der Waals surface area (Å²) in [6.45, 7) is 0. The van der Waals surface area contributed by atoms with Crippen LogP contribution in [-0.2, 0) is 14.4 Å². The van der Waals surface area contributed by atoms with E-state index >= 15 is 0 Å². The van der Waals surface area contributed by atoms with E-state index in [9.17, 15) is 19.5 Å². The Hall–Kier alpha value is -1.82. The molecule has 94 valence electrons. The summed E-state index contributed by atoms with van der Waals surface area (Å²) in [5.74, 6) is -2.19. The molecule has 18 heavy (non-hydrogen) atoms. The van der Waals surface area contributed by atoms with Gasteiger partial charge >= 0.3 is 0 Å². The maximum atomic E-state index is 12.0. The van der Waals surface area contributed by atoms with E-state index in [4.69, 9.17) is 0 Å². The fraction of sp³-hybridized carbons (Fsp3) is 0.250. The number of benzene rings is 1. The maximum Gasteiger partial charge on any atom is 0.247 e. The molecule has 0 aliphatic carbocycles. The molecule has 0 saturated carbocycles. The number of carboxylic acids is 1. The molecular weight excluding hydrogens is 254 g/mol. The van der Waals surface area contributed by atoms with E-state index in [0.29, 0.717) is 5.69 Å². The predicted molar refractivity (Wildman–Crippen MR) is 64.8 cm³/mol. The lowest BCUT2D eigenvalue weighted by molar-refractivity contribution is -0.301. The molecule has 0 radical (unpaired) electrons. The quantitative estimate of drug-likeness (QED) is 0.704. The van der Waals surface area contributed by atoms with Crippen LogP contribution in [0.5, 0.6) is 0 Å². The number of nitrogens with zero attached hydrogens (tertiary/aromatic N) is 1. The molecule has 2 amide bonds. The predicted octanol–water partition coefficient (Wildman–Crippen LogP) is -0.198. The molecule has 0 unspecified atom stereocenters. The zero-order valence-corrected chi connectivity index (χ0v) is 10.2. The Labute approximate surface area is 108 Å². The molecule has 0 N–H and O–H groups in total. The zero-order chi connectivity index (χ0) is 13.1. The van der Waals surface area contributed by atoms with E-state index in [-0.39, 0.29) is 24.0 Å². The summed E-state index contributed by atoms with van der Waals surface area (Å²) in [6.07, 6.45) is 0.0334. The van der Waals surface area contributed by atoms with Crippen molar-refractivity contribution >= 4 is 35.2 Å². The summed E-state index contributed by atoms with van der Waals surface area (Å²) in [7, 11) is 0. The van der Waals surface area contributed by atoms with Crippen molar-refractivity contribution in [1.82, 2.24) is 0 Å². The molecule has 1 atom stereocenters. The third kappa shape index (κ3) is 2.53. The van der Waals surface area contributed by atoms with Crippen LogP contribution in [0.4, 0.5) is 5.69 Å². The second-order valence-electron chi connectivity index (χ2n) is 3.78. The van der Waals surface area contributed by atoms with Gasteiger partial charge in [-0.2, -0.15) is 0 Å². The summed E-state index contributed by atoms with van der Waals surface area (Å²) >= 11 is 0.928. The largest absolute Gasteiger partial charge is 0.549 e. The molecule has 1 aromatic carbocycles. The number of para-hydroxylation sites is 1. The zero-order valence-electron chi connectivity index (χ0n) is 9.37. The summed E-state index contributed by atoms with van der Waals surface area (Å²) in [6, 6.07) is 8.59. The number of carbonyl (C=O) groups is 3. The second-order valence-corrected chi connectivity index (χ2v) is 4.97. The van der Waals surface area contributed by atoms with Crippen LogP contribution in [-0.4, -0.2) is 28.8 Å². The molecule has 1 aliphatic rings. The number of aliphatic carboxylic acids is 1. The van der Waals surface area contributed by atoms with Gasteiger partial charge in [0.2, 0.25) is 11.8 Å². The van der Waals surface area contributed by atoms with Crippen LogP contribution in [0.3, 0.4) is 0 Å². The molecule has 2 rings (SSSR count). The van der Waals surface area contributed by atoms with Crippen molar-refractivity contribution in [2.75, 3.05) is 10.7 Å². The maximum absolute atomic E-state index is 12.0. The first kappa shape index (κ1) is 12.6. The molecule has 5 nitrogen and oxygen atoms in total. The molecule has 1 heterocycles. The topological polar surface area (TPSA) is 77.5 Å². The number of imide groups is 1. The van der Waals surface area contributed by atoms with E-state index in [1.54, 1.807) is 30.3 Å². The van der Waals surface area contributed by atoms with Crippen molar-refractivity contribution in [2.45, 2.75) is 11.7 Å². The lowest BCUT2D eigenvalue weighted by Gasteiger charge is -2.14. The molecule has 1 fully saturated rings. The van der Waals surface area contributed by atoms with Crippen LogP contribution in [0.2, 0.25) is 0 Å². The van der Waals surface area contributed by atoms with Crippen molar-refractivity contribution in [1.29, 1.82) is 0 Å². The number of hydrogen-bond acceptors (Lipinski definition) is 5. The highest BCUT2D eigenvalue weighted by molar-refractivity contribution is 8.01. The van der Waals surface area contributed by atoms with Gasteiger partial charge in [0.05, 0.1) is 16.9 Å². The van der Waals surface area contributed by atoms with Crippen LogP contribution < -0.4 is 10.0 Å². The second kappa shape index (κ2) is 5.22. The summed E-state index contributed by atoms with van der Waals surface area (Å²) in [4.78, 5) is 35.2. The molecule has 1 saturated heterocycles. The van der Waals surface area contributed by atoms with Gasteiger partial charge in [-0.25, -0.2) is 4.90 Å². The van der Waals surface area contributed by atoms with Gasteiger partial charge in [-0.3, -0.25) is 9.59 Å². The number of carboxylic acid groups (broad SMARTS) is 1. The molecule has 1 aromatic rings. The first-order valence-corrected chi connectivity index (χ1v) is 6.38. The van der Waals surface area contributed by atoms with Crippen LogP contribution in [0.1, 0.15) is 6.42 Å². The van der Waals surface area contributed by atoms with Gasteiger partial charge < -0.3 is 9.90 Å². The smallest absolute Gasteiger partial charge is 0.247 e. The van der Waals surface area contributed by atoms with Gasteiger partial charge in [0.25, 0.3) is 0 Å². The Kier molecular flexibility index (Phi) is 3.66. The Morgan fingerprint density at radius 1 is 1.33 bits per heavy atom. The Bertz CT molecular complexity index is 488. The molecule has 1 aliphatic heterocycles. The Morgan fingerprint density at radius 2 is 2.00 bits per heavy atom. The van der Waals surface area contributed by atoms with E-state index in [1.807, 2.05) is 0 Å². The number of anilines is 1. The first-order valence-electron chi connectivity index (χ1n) is 5.33.